The summed E-state index contributed by atoms with van der Waals surface area (Å²) in [5.74, 6) is 3.69. The lowest BCUT2D eigenvalue weighted by molar-refractivity contribution is 0.487. The quantitative estimate of drug-likeness (QED) is 0.129. The van der Waals surface area contributed by atoms with E-state index in [0.29, 0.717) is 0 Å². The van der Waals surface area contributed by atoms with Crippen molar-refractivity contribution in [2.75, 3.05) is 0 Å². The van der Waals surface area contributed by atoms with E-state index in [-0.39, 0.29) is 45.9 Å². The Morgan fingerprint density at radius 2 is 0.576 bits per heavy atom. The van der Waals surface area contributed by atoms with E-state index < -0.39 is 0 Å². The lowest BCUT2D eigenvalue weighted by atomic mass is 9.31. The van der Waals surface area contributed by atoms with Crippen LogP contribution in [0.1, 0.15) is 158 Å². The van der Waals surface area contributed by atoms with E-state index in [2.05, 4.69) is 307 Å². The van der Waals surface area contributed by atoms with Crippen molar-refractivity contribution in [1.29, 1.82) is 0 Å². The van der Waals surface area contributed by atoms with Gasteiger partial charge in [-0.05, 0) is 235 Å². The molecule has 0 spiro atoms. The molecule has 4 aliphatic rings. The van der Waals surface area contributed by atoms with Gasteiger partial charge >= 0.3 is 0 Å². The molecule has 0 N–H and O–H groups in total. The first-order valence-corrected chi connectivity index (χ1v) is 33.7. The van der Waals surface area contributed by atoms with Crippen LogP contribution in [0.15, 0.2) is 182 Å². The number of benzene rings is 12. The van der Waals surface area contributed by atoms with Gasteiger partial charge in [-0.2, -0.15) is 0 Å². The molecule has 4 heterocycles. The lowest BCUT2D eigenvalue weighted by Crippen LogP contribution is -2.58. The minimum Gasteiger partial charge on any atom is -0.458 e. The zero-order valence-electron chi connectivity index (χ0n) is 57.3. The topological polar surface area (TPSA) is 18.5 Å². The van der Waals surface area contributed by atoms with Gasteiger partial charge in [-0.3, -0.25) is 0 Å². The summed E-state index contributed by atoms with van der Waals surface area (Å²) in [6.07, 6.45) is 0. The number of fused-ring (bicyclic) bond motifs is 8. The predicted octanol–water partition coefficient (Wildman–Crippen LogP) is 20.2. The standard InChI is InChI=1S/C88H84B2O2/c1-83(2,3)53-41-63(85(7,8)9)75(64(42-53)86(10,11)12)55-45-57-61-37-51(49-29-21-19-22-30-49)39-73-81(61)90(68-34-26-28-36-72(68)91-73)70-48-60-56(76-65(87(13,14)15)43-54(84(4,5)6)44-66(76)88(16,17)18)46-58-62-38-52(50-31-23-20-24-32-50)40-74-82(62)89(67-33-25-27-35-71(67)92-74)69-47-59(55)79(77(57)70)80(60)78(58)69/h19-48H,1-18H3. The SMILES string of the molecule is CC(C)(C)c1cc(C(C)(C)C)c(-c2cc3c4c(cc5c(-c6c(C(C)(C)C)cc(C(C)(C)C)cc6C(C)(C)C)cc6c7c(cc2c4c57)B2c4ccccc4Oc4cc(-c5ccccc5)cc-6c42)B2c4ccccc4Oc4cc(-c5ccccc5)cc-3c42)c(C(C)(C)C)c1. The fourth-order valence-electron chi connectivity index (χ4n) is 16.5. The molecule has 92 heavy (non-hydrogen) atoms. The van der Waals surface area contributed by atoms with Crippen molar-refractivity contribution >= 4 is 78.5 Å². The summed E-state index contributed by atoms with van der Waals surface area (Å²) in [4.78, 5) is 0. The summed E-state index contributed by atoms with van der Waals surface area (Å²) in [5.41, 5.74) is 29.6. The van der Waals surface area contributed by atoms with Crippen LogP contribution in [0.3, 0.4) is 0 Å². The van der Waals surface area contributed by atoms with E-state index >= 15 is 0 Å². The molecule has 0 bridgehead atoms. The van der Waals surface area contributed by atoms with Gasteiger partial charge in [0.25, 0.3) is 13.4 Å². The molecule has 0 unspecified atom stereocenters. The van der Waals surface area contributed by atoms with Gasteiger partial charge in [0.2, 0.25) is 0 Å². The summed E-state index contributed by atoms with van der Waals surface area (Å²) in [6, 6.07) is 70.6. The zero-order chi connectivity index (χ0) is 64.4. The molecule has 0 fully saturated rings. The Balaban J connectivity index is 1.21. The van der Waals surface area contributed by atoms with E-state index in [1.165, 1.54) is 154 Å². The maximum absolute atomic E-state index is 7.34. The van der Waals surface area contributed by atoms with Crippen LogP contribution in [0, 0.1) is 0 Å². The van der Waals surface area contributed by atoms with Crippen molar-refractivity contribution in [3.63, 3.8) is 0 Å². The van der Waals surface area contributed by atoms with Gasteiger partial charge in [0.15, 0.2) is 0 Å². The molecule has 0 saturated heterocycles. The van der Waals surface area contributed by atoms with E-state index in [0.717, 1.165) is 34.1 Å². The number of para-hydroxylation sites is 2. The predicted molar refractivity (Wildman–Crippen MR) is 397 cm³/mol. The molecule has 454 valence electrons. The third-order valence-electron chi connectivity index (χ3n) is 21.1. The fraction of sp³-hybridized carbons (Fsp3) is 0.273. The third-order valence-corrected chi connectivity index (χ3v) is 21.1. The molecule has 0 amide bonds. The first kappa shape index (κ1) is 58.5. The Kier molecular flexibility index (Phi) is 12.4. The lowest BCUT2D eigenvalue weighted by Gasteiger charge is -2.39. The fourth-order valence-corrected chi connectivity index (χ4v) is 16.5. The third kappa shape index (κ3) is 8.74. The van der Waals surface area contributed by atoms with Gasteiger partial charge in [0.05, 0.1) is 0 Å². The van der Waals surface area contributed by atoms with Crippen LogP contribution in [-0.2, 0) is 32.5 Å². The minimum absolute atomic E-state index is 0.0911. The average molecular weight is 1200 g/mol. The minimum atomic E-state index is -0.234. The molecule has 0 radical (unpaired) electrons. The average Bonchev–Trinajstić information content (AvgIpc) is 0.664. The van der Waals surface area contributed by atoms with Crippen molar-refractivity contribution in [1.82, 2.24) is 0 Å². The molecule has 4 heteroatoms. The molecule has 0 saturated carbocycles. The smallest absolute Gasteiger partial charge is 0.252 e. The number of hydrogen-bond acceptors (Lipinski definition) is 2. The molecule has 2 nitrogen and oxygen atoms in total. The second kappa shape index (κ2) is 19.5. The van der Waals surface area contributed by atoms with Crippen LogP contribution >= 0.6 is 0 Å². The molecule has 12 aromatic carbocycles. The number of hydrogen-bond donors (Lipinski definition) is 0. The molecule has 0 atom stereocenters. The molecule has 0 aromatic heterocycles. The summed E-state index contributed by atoms with van der Waals surface area (Å²) >= 11 is 0. The summed E-state index contributed by atoms with van der Waals surface area (Å²) in [7, 11) is 0. The van der Waals surface area contributed by atoms with Crippen molar-refractivity contribution in [3.05, 3.63) is 215 Å². The Morgan fingerprint density at radius 3 is 0.902 bits per heavy atom. The zero-order valence-corrected chi connectivity index (χ0v) is 57.3. The summed E-state index contributed by atoms with van der Waals surface area (Å²) in [6.45, 7) is 43.4. The largest absolute Gasteiger partial charge is 0.458 e. The van der Waals surface area contributed by atoms with Crippen LogP contribution in [0.25, 0.3) is 99.1 Å². The first-order valence-electron chi connectivity index (χ1n) is 33.7. The molecular formula is C88H84B2O2. The van der Waals surface area contributed by atoms with Crippen LogP contribution in [0.4, 0.5) is 0 Å². The second-order valence-electron chi connectivity index (χ2n) is 33.6. The Hall–Kier alpha value is -8.59. The van der Waals surface area contributed by atoms with E-state index in [1.54, 1.807) is 0 Å². The van der Waals surface area contributed by atoms with Crippen molar-refractivity contribution in [3.8, 4) is 89.8 Å². The molecule has 12 aromatic rings. The monoisotopic (exact) mass is 1190 g/mol. The van der Waals surface area contributed by atoms with Crippen molar-refractivity contribution < 1.29 is 9.47 Å². The van der Waals surface area contributed by atoms with E-state index in [4.69, 9.17) is 9.47 Å². The molecule has 4 aliphatic heterocycles. The van der Waals surface area contributed by atoms with Crippen LogP contribution < -0.4 is 42.3 Å². The highest BCUT2D eigenvalue weighted by Crippen LogP contribution is 2.56. The second-order valence-corrected chi connectivity index (χ2v) is 33.6. The van der Waals surface area contributed by atoms with Crippen LogP contribution in [-0.4, -0.2) is 13.4 Å². The van der Waals surface area contributed by atoms with Crippen LogP contribution in [0.2, 0.25) is 0 Å². The summed E-state index contributed by atoms with van der Waals surface area (Å²) in [5, 5.41) is 7.96. The van der Waals surface area contributed by atoms with Gasteiger partial charge in [-0.25, -0.2) is 0 Å². The highest BCUT2D eigenvalue weighted by Gasteiger charge is 2.46. The van der Waals surface area contributed by atoms with Crippen molar-refractivity contribution in [2.45, 2.75) is 157 Å². The van der Waals surface area contributed by atoms with Gasteiger partial charge in [0, 0.05) is 0 Å². The summed E-state index contributed by atoms with van der Waals surface area (Å²) < 4.78 is 14.7. The van der Waals surface area contributed by atoms with E-state index in [9.17, 15) is 0 Å². The Labute approximate surface area is 547 Å². The first-order chi connectivity index (χ1) is 43.4. The molecular weight excluding hydrogens is 1110 g/mol. The molecule has 16 rings (SSSR count). The van der Waals surface area contributed by atoms with Gasteiger partial charge < -0.3 is 9.47 Å². The maximum Gasteiger partial charge on any atom is 0.252 e. The van der Waals surface area contributed by atoms with Crippen LogP contribution in [0.5, 0.6) is 23.0 Å². The Bertz CT molecular complexity index is 4740. The molecule has 0 aliphatic carbocycles. The normalized spacial score (nSPS) is 14.1. The maximum atomic E-state index is 7.34. The van der Waals surface area contributed by atoms with Crippen molar-refractivity contribution in [2.24, 2.45) is 0 Å². The number of rotatable bonds is 4. The van der Waals surface area contributed by atoms with Gasteiger partial charge in [-0.1, -0.05) is 269 Å². The van der Waals surface area contributed by atoms with Gasteiger partial charge in [-0.15, -0.1) is 0 Å². The van der Waals surface area contributed by atoms with E-state index in [1.807, 2.05) is 0 Å². The number of ether oxygens (including phenoxy) is 2. The highest BCUT2D eigenvalue weighted by molar-refractivity contribution is 7.01. The Morgan fingerprint density at radius 1 is 0.250 bits per heavy atom. The van der Waals surface area contributed by atoms with Gasteiger partial charge in [0.1, 0.15) is 23.0 Å². The highest BCUT2D eigenvalue weighted by atomic mass is 16.5.